The monoisotopic (exact) mass is 316 g/mol. The van der Waals surface area contributed by atoms with Crippen LogP contribution in [0.25, 0.3) is 0 Å². The highest BCUT2D eigenvalue weighted by Crippen LogP contribution is 2.60. The summed E-state index contributed by atoms with van der Waals surface area (Å²) in [6, 6.07) is 0. The maximum Gasteiger partial charge on any atom is 0.175 e. The Balaban J connectivity index is 1.83. The van der Waals surface area contributed by atoms with Crippen molar-refractivity contribution in [2.24, 2.45) is 11.3 Å². The first-order valence-corrected chi connectivity index (χ1v) is 8.32. The number of aliphatic hydroxyl groups excluding tert-OH is 4. The fourth-order valence-corrected chi connectivity index (χ4v) is 4.45. The molecule has 0 amide bonds. The summed E-state index contributed by atoms with van der Waals surface area (Å²) < 4.78 is 12.3. The Morgan fingerprint density at radius 1 is 1.14 bits per heavy atom. The standard InChI is InChI=1S/C16H28O6/c1-9(18)12(19)13(20)14-11(8-17)21-16(22-14)7-10-3-5-15(16,2)6-4-10/h9-14,17-20H,3-8H2,1-2H3/t9-,10?,11?,12?,13?,14?,15?,16-/m1/s1. The third-order valence-electron chi connectivity index (χ3n) is 6.08. The van der Waals surface area contributed by atoms with Crippen molar-refractivity contribution in [1.29, 1.82) is 0 Å². The zero-order chi connectivity index (χ0) is 16.1. The smallest absolute Gasteiger partial charge is 0.175 e. The van der Waals surface area contributed by atoms with Crippen molar-refractivity contribution in [2.75, 3.05) is 6.61 Å². The van der Waals surface area contributed by atoms with E-state index in [1.165, 1.54) is 6.92 Å². The topological polar surface area (TPSA) is 99.4 Å². The van der Waals surface area contributed by atoms with Gasteiger partial charge < -0.3 is 29.9 Å². The summed E-state index contributed by atoms with van der Waals surface area (Å²) in [4.78, 5) is 0. The molecule has 0 aromatic carbocycles. The second-order valence-electron chi connectivity index (χ2n) is 7.60. The second kappa shape index (κ2) is 5.69. The Morgan fingerprint density at radius 3 is 2.27 bits per heavy atom. The highest BCUT2D eigenvalue weighted by atomic mass is 16.8. The van der Waals surface area contributed by atoms with Gasteiger partial charge in [-0.05, 0) is 38.5 Å². The zero-order valence-corrected chi connectivity index (χ0v) is 13.3. The summed E-state index contributed by atoms with van der Waals surface area (Å²) >= 11 is 0. The highest BCUT2D eigenvalue weighted by molar-refractivity contribution is 5.06. The van der Waals surface area contributed by atoms with E-state index in [1.807, 2.05) is 0 Å². The molecule has 22 heavy (non-hydrogen) atoms. The van der Waals surface area contributed by atoms with Crippen molar-refractivity contribution < 1.29 is 29.9 Å². The molecule has 6 heteroatoms. The van der Waals surface area contributed by atoms with E-state index >= 15 is 0 Å². The molecule has 4 aliphatic rings. The van der Waals surface area contributed by atoms with E-state index < -0.39 is 36.3 Å². The molecular formula is C16H28O6. The van der Waals surface area contributed by atoms with Gasteiger partial charge in [-0.3, -0.25) is 0 Å². The minimum Gasteiger partial charge on any atom is -0.394 e. The van der Waals surface area contributed by atoms with Gasteiger partial charge in [0, 0.05) is 11.8 Å². The van der Waals surface area contributed by atoms with Crippen LogP contribution in [0, 0.1) is 11.3 Å². The molecule has 4 rings (SSSR count). The Bertz CT molecular complexity index is 405. The van der Waals surface area contributed by atoms with Crippen LogP contribution in [-0.2, 0) is 9.47 Å². The number of rotatable bonds is 4. The molecule has 3 aliphatic carbocycles. The molecule has 4 N–H and O–H groups in total. The van der Waals surface area contributed by atoms with E-state index in [0.29, 0.717) is 5.92 Å². The van der Waals surface area contributed by atoms with Gasteiger partial charge in [-0.2, -0.15) is 0 Å². The summed E-state index contributed by atoms with van der Waals surface area (Å²) in [5.41, 5.74) is -0.126. The van der Waals surface area contributed by atoms with Crippen molar-refractivity contribution >= 4 is 0 Å². The maximum atomic E-state index is 10.3. The van der Waals surface area contributed by atoms with Crippen molar-refractivity contribution in [3.8, 4) is 0 Å². The first kappa shape index (κ1) is 16.6. The van der Waals surface area contributed by atoms with Crippen LogP contribution >= 0.6 is 0 Å². The first-order valence-electron chi connectivity index (χ1n) is 8.32. The molecule has 6 atom stereocenters. The number of fused-ring (bicyclic) bond motifs is 2. The molecule has 3 saturated carbocycles. The zero-order valence-electron chi connectivity index (χ0n) is 13.3. The summed E-state index contributed by atoms with van der Waals surface area (Å²) in [5.74, 6) is -0.232. The maximum absolute atomic E-state index is 10.3. The minimum absolute atomic E-state index is 0.126. The Morgan fingerprint density at radius 2 is 1.77 bits per heavy atom. The fourth-order valence-electron chi connectivity index (χ4n) is 4.45. The van der Waals surface area contributed by atoms with Gasteiger partial charge in [0.25, 0.3) is 0 Å². The highest BCUT2D eigenvalue weighted by Gasteiger charge is 2.64. The number of hydrogen-bond acceptors (Lipinski definition) is 6. The molecule has 1 heterocycles. The normalized spacial score (nSPS) is 48.5. The van der Waals surface area contributed by atoms with Crippen molar-refractivity contribution in [1.82, 2.24) is 0 Å². The second-order valence-corrected chi connectivity index (χ2v) is 7.60. The molecule has 6 nitrogen and oxygen atoms in total. The fraction of sp³-hybridized carbons (Fsp3) is 1.00. The van der Waals surface area contributed by atoms with Crippen LogP contribution in [0.3, 0.4) is 0 Å². The van der Waals surface area contributed by atoms with E-state index in [2.05, 4.69) is 6.92 Å². The van der Waals surface area contributed by atoms with Gasteiger partial charge in [0.1, 0.15) is 24.4 Å². The molecule has 2 bridgehead atoms. The quantitative estimate of drug-likeness (QED) is 0.590. The van der Waals surface area contributed by atoms with Gasteiger partial charge in [0.15, 0.2) is 5.79 Å². The van der Waals surface area contributed by atoms with Crippen LogP contribution in [0.1, 0.15) is 46.0 Å². The van der Waals surface area contributed by atoms with Gasteiger partial charge in [-0.15, -0.1) is 0 Å². The molecule has 4 fully saturated rings. The SMILES string of the molecule is C[C@@H](O)C(O)C(O)C1O[C@@]2(CC3CCC2(C)CC3)OC1CO. The van der Waals surface area contributed by atoms with Crippen LogP contribution in [-0.4, -0.2) is 63.3 Å². The molecule has 1 spiro atoms. The number of hydrogen-bond donors (Lipinski definition) is 4. The molecule has 128 valence electrons. The largest absolute Gasteiger partial charge is 0.394 e. The predicted octanol–water partition coefficient (Wildman–Crippen LogP) is 0.162. The lowest BCUT2D eigenvalue weighted by atomic mass is 9.58. The van der Waals surface area contributed by atoms with E-state index in [9.17, 15) is 20.4 Å². The van der Waals surface area contributed by atoms with E-state index in [1.54, 1.807) is 0 Å². The molecule has 0 radical (unpaired) electrons. The van der Waals surface area contributed by atoms with Crippen LogP contribution in [0.4, 0.5) is 0 Å². The van der Waals surface area contributed by atoms with Crippen molar-refractivity contribution in [3.63, 3.8) is 0 Å². The van der Waals surface area contributed by atoms with Crippen LogP contribution in [0.2, 0.25) is 0 Å². The molecule has 0 aromatic heterocycles. The third-order valence-corrected chi connectivity index (χ3v) is 6.08. The van der Waals surface area contributed by atoms with Gasteiger partial charge in [0.2, 0.25) is 0 Å². The van der Waals surface area contributed by atoms with Crippen molar-refractivity contribution in [3.05, 3.63) is 0 Å². The minimum atomic E-state index is -1.33. The Hall–Kier alpha value is -0.240. The van der Waals surface area contributed by atoms with Gasteiger partial charge in [0.05, 0.1) is 12.7 Å². The van der Waals surface area contributed by atoms with Crippen LogP contribution < -0.4 is 0 Å². The van der Waals surface area contributed by atoms with E-state index in [4.69, 9.17) is 9.47 Å². The third kappa shape index (κ3) is 2.41. The Kier molecular flexibility index (Phi) is 4.29. The molecule has 1 aliphatic heterocycles. The number of ether oxygens (including phenoxy) is 2. The average molecular weight is 316 g/mol. The van der Waals surface area contributed by atoms with E-state index in [0.717, 1.165) is 32.1 Å². The average Bonchev–Trinajstić information content (AvgIpc) is 2.87. The van der Waals surface area contributed by atoms with Gasteiger partial charge in [-0.25, -0.2) is 0 Å². The predicted molar refractivity (Wildman–Crippen MR) is 77.9 cm³/mol. The lowest BCUT2D eigenvalue weighted by Crippen LogP contribution is -2.56. The Labute approximate surface area is 131 Å². The van der Waals surface area contributed by atoms with Crippen molar-refractivity contribution in [2.45, 2.75) is 82.3 Å². The molecule has 1 saturated heterocycles. The van der Waals surface area contributed by atoms with Gasteiger partial charge >= 0.3 is 0 Å². The lowest BCUT2D eigenvalue weighted by Gasteiger charge is -2.55. The van der Waals surface area contributed by atoms with Gasteiger partial charge in [-0.1, -0.05) is 6.92 Å². The summed E-state index contributed by atoms with van der Waals surface area (Å²) in [6.45, 7) is 3.28. The molecule has 4 unspecified atom stereocenters. The molecular weight excluding hydrogens is 288 g/mol. The lowest BCUT2D eigenvalue weighted by molar-refractivity contribution is -0.296. The summed E-state index contributed by atoms with van der Waals surface area (Å²) in [7, 11) is 0. The van der Waals surface area contributed by atoms with E-state index in [-0.39, 0.29) is 12.0 Å². The van der Waals surface area contributed by atoms with Crippen LogP contribution in [0.5, 0.6) is 0 Å². The first-order chi connectivity index (χ1) is 10.3. The van der Waals surface area contributed by atoms with Crippen LogP contribution in [0.15, 0.2) is 0 Å². The molecule has 0 aromatic rings. The summed E-state index contributed by atoms with van der Waals surface area (Å²) in [5, 5.41) is 39.4. The number of aliphatic hydroxyl groups is 4. The summed E-state index contributed by atoms with van der Waals surface area (Å²) in [6.07, 6.45) is -0.0788.